The van der Waals surface area contributed by atoms with Crippen LogP contribution in [0.4, 0.5) is 0 Å². The molecule has 0 N–H and O–H groups in total. The third-order valence-electron chi connectivity index (χ3n) is 10.5. The summed E-state index contributed by atoms with van der Waals surface area (Å²) in [7, 11) is 0. The van der Waals surface area contributed by atoms with E-state index in [-0.39, 0.29) is 0 Å². The minimum absolute atomic E-state index is 0.595. The van der Waals surface area contributed by atoms with E-state index in [1.807, 2.05) is 61.5 Å². The van der Waals surface area contributed by atoms with E-state index in [9.17, 15) is 0 Å². The molecule has 5 aromatic heterocycles. The number of hydrogen-bond donors (Lipinski definition) is 0. The summed E-state index contributed by atoms with van der Waals surface area (Å²) in [6.45, 7) is 5.89. The number of allylic oxidation sites excluding steroid dienone is 5. The largest absolute Gasteiger partial charge is 0.452 e. The second-order valence-corrected chi connectivity index (χ2v) is 16.1. The number of thiophene rings is 2. The molecule has 0 unspecified atom stereocenters. The Morgan fingerprint density at radius 3 is 2.19 bits per heavy atom. The van der Waals surface area contributed by atoms with E-state index in [0.29, 0.717) is 28.9 Å². The van der Waals surface area contributed by atoms with E-state index >= 15 is 0 Å². The van der Waals surface area contributed by atoms with Crippen molar-refractivity contribution in [1.82, 2.24) is 24.9 Å². The van der Waals surface area contributed by atoms with Gasteiger partial charge in [-0.2, -0.15) is 0 Å². The average molecular weight is 782 g/mol. The van der Waals surface area contributed by atoms with Crippen molar-refractivity contribution in [2.24, 2.45) is 0 Å². The third-order valence-corrected chi connectivity index (χ3v) is 12.9. The first-order chi connectivity index (χ1) is 28.6. The molecule has 0 aliphatic rings. The maximum absolute atomic E-state index is 6.42. The summed E-state index contributed by atoms with van der Waals surface area (Å²) in [6, 6.07) is 46.0. The van der Waals surface area contributed by atoms with Crippen LogP contribution in [0.2, 0.25) is 0 Å². The number of furan rings is 1. The number of fused-ring (bicyclic) bond motifs is 9. The fourth-order valence-corrected chi connectivity index (χ4v) is 10.1. The van der Waals surface area contributed by atoms with Crippen LogP contribution in [0.5, 0.6) is 0 Å². The monoisotopic (exact) mass is 781 g/mol. The highest BCUT2D eigenvalue weighted by molar-refractivity contribution is 7.26. The molecule has 0 amide bonds. The lowest BCUT2D eigenvalue weighted by molar-refractivity contribution is 0.667. The van der Waals surface area contributed by atoms with Gasteiger partial charge in [-0.1, -0.05) is 116 Å². The molecule has 0 atom stereocenters. The molecule has 8 heteroatoms. The summed E-state index contributed by atoms with van der Waals surface area (Å²) in [6.07, 6.45) is 7.68. The maximum atomic E-state index is 6.42. The second-order valence-electron chi connectivity index (χ2n) is 14.0. The molecule has 0 aliphatic carbocycles. The zero-order valence-corrected chi connectivity index (χ0v) is 32.8. The van der Waals surface area contributed by atoms with Gasteiger partial charge in [0.1, 0.15) is 16.8 Å². The summed E-state index contributed by atoms with van der Waals surface area (Å²) in [5.41, 5.74) is 7.68. The molecular formula is C50H31N5OS2. The summed E-state index contributed by atoms with van der Waals surface area (Å²) < 4.78 is 11.1. The molecule has 0 radical (unpaired) electrons. The number of rotatable bonds is 7. The van der Waals surface area contributed by atoms with E-state index < -0.39 is 0 Å². The van der Waals surface area contributed by atoms with Crippen LogP contribution in [-0.2, 0) is 0 Å². The Kier molecular flexibility index (Phi) is 8.13. The van der Waals surface area contributed by atoms with Crippen molar-refractivity contribution in [3.05, 3.63) is 170 Å². The van der Waals surface area contributed by atoms with Crippen LogP contribution in [0, 0.1) is 0 Å². The summed E-state index contributed by atoms with van der Waals surface area (Å²) in [4.78, 5) is 25.9. The van der Waals surface area contributed by atoms with Gasteiger partial charge in [0.2, 0.25) is 0 Å². The fourth-order valence-electron chi connectivity index (χ4n) is 7.80. The van der Waals surface area contributed by atoms with Crippen LogP contribution in [0.15, 0.2) is 169 Å². The van der Waals surface area contributed by atoms with Crippen LogP contribution in [0.3, 0.4) is 0 Å². The lowest BCUT2D eigenvalue weighted by Gasteiger charge is -2.10. The van der Waals surface area contributed by atoms with Gasteiger partial charge < -0.3 is 4.42 Å². The zero-order valence-electron chi connectivity index (χ0n) is 31.2. The molecular weight excluding hydrogens is 751 g/mol. The molecule has 0 fully saturated rings. The number of nitrogens with zero attached hydrogens (tertiary/aromatic N) is 5. The summed E-state index contributed by atoms with van der Waals surface area (Å²) >= 11 is 3.52. The van der Waals surface area contributed by atoms with Gasteiger partial charge in [-0.05, 0) is 55.5 Å². The van der Waals surface area contributed by atoms with E-state index in [1.54, 1.807) is 28.7 Å². The van der Waals surface area contributed by atoms with Gasteiger partial charge in [0.05, 0.1) is 0 Å². The van der Waals surface area contributed by atoms with E-state index in [4.69, 9.17) is 29.3 Å². The normalized spacial score (nSPS) is 12.3. The maximum Gasteiger partial charge on any atom is 0.180 e. The highest BCUT2D eigenvalue weighted by Crippen LogP contribution is 2.44. The molecule has 6 aromatic carbocycles. The van der Waals surface area contributed by atoms with Gasteiger partial charge in [0.15, 0.2) is 28.9 Å². The molecule has 11 aromatic rings. The van der Waals surface area contributed by atoms with Crippen molar-refractivity contribution in [1.29, 1.82) is 0 Å². The van der Waals surface area contributed by atoms with E-state index in [2.05, 4.69) is 104 Å². The molecule has 0 spiro atoms. The van der Waals surface area contributed by atoms with Crippen molar-refractivity contribution in [3.8, 4) is 45.4 Å². The van der Waals surface area contributed by atoms with Crippen LogP contribution in [-0.4, -0.2) is 24.9 Å². The Balaban J connectivity index is 1.13. The second kappa shape index (κ2) is 13.8. The van der Waals surface area contributed by atoms with Gasteiger partial charge in [0, 0.05) is 73.6 Å². The standard InChI is InChI=1S/C50H31N5OS2/c1-3-5-15-29(4-2)47-53-48(31-26-27-40-37(28-31)32-18-10-12-24-39(32)57-40)55-50(54-47)36-22-13-20-34-42-35(21-14-25-41(42)58-46(34)36)49-51-43(30-16-7-6-8-17-30)45-44(52-49)33-19-9-11-23-38(33)56-45/h3-28H,1H2,2H3/b15-5-,29-4+. The van der Waals surface area contributed by atoms with Gasteiger partial charge >= 0.3 is 0 Å². The quantitative estimate of drug-likeness (QED) is 0.150. The Morgan fingerprint density at radius 2 is 1.31 bits per heavy atom. The van der Waals surface area contributed by atoms with E-state index in [0.717, 1.165) is 70.2 Å². The Labute approximate surface area is 340 Å². The SMILES string of the molecule is C=C/C=C\C(=C/C)c1nc(-c2ccc3sc4ccccc4c3c2)nc(-c2cccc3c2sc2cccc(-c4nc(-c5ccccc5)c5oc6ccccc6c5n4)c23)n1. The fraction of sp³-hybridized carbons (Fsp3) is 0.0200. The highest BCUT2D eigenvalue weighted by Gasteiger charge is 2.22. The number of hydrogen-bond acceptors (Lipinski definition) is 8. The van der Waals surface area contributed by atoms with Gasteiger partial charge in [-0.3, -0.25) is 0 Å². The molecule has 5 heterocycles. The minimum atomic E-state index is 0.595. The third kappa shape index (κ3) is 5.56. The van der Waals surface area contributed by atoms with Crippen molar-refractivity contribution in [3.63, 3.8) is 0 Å². The Morgan fingerprint density at radius 1 is 0.586 bits per heavy atom. The van der Waals surface area contributed by atoms with Gasteiger partial charge in [0.25, 0.3) is 0 Å². The molecule has 0 bridgehead atoms. The zero-order chi connectivity index (χ0) is 38.7. The lowest BCUT2D eigenvalue weighted by Crippen LogP contribution is -2.02. The smallest absolute Gasteiger partial charge is 0.180 e. The van der Waals surface area contributed by atoms with Crippen LogP contribution >= 0.6 is 22.7 Å². The molecule has 11 rings (SSSR count). The topological polar surface area (TPSA) is 77.6 Å². The van der Waals surface area contributed by atoms with Crippen molar-refractivity contribution < 1.29 is 4.42 Å². The molecule has 0 aliphatic heterocycles. The predicted molar refractivity (Wildman–Crippen MR) is 243 cm³/mol. The van der Waals surface area contributed by atoms with Crippen molar-refractivity contribution >= 4 is 90.7 Å². The summed E-state index contributed by atoms with van der Waals surface area (Å²) in [5.74, 6) is 2.46. The van der Waals surface area contributed by atoms with Crippen LogP contribution < -0.4 is 0 Å². The number of benzene rings is 6. The first-order valence-electron chi connectivity index (χ1n) is 19.0. The van der Waals surface area contributed by atoms with Crippen LogP contribution in [0.25, 0.3) is 113 Å². The van der Waals surface area contributed by atoms with Gasteiger partial charge in [-0.25, -0.2) is 24.9 Å². The average Bonchev–Trinajstić information content (AvgIpc) is 3.98. The Hall–Kier alpha value is -7.13. The van der Waals surface area contributed by atoms with Crippen molar-refractivity contribution in [2.75, 3.05) is 0 Å². The summed E-state index contributed by atoms with van der Waals surface area (Å²) in [5, 5.41) is 5.55. The highest BCUT2D eigenvalue weighted by atomic mass is 32.1. The first-order valence-corrected chi connectivity index (χ1v) is 20.6. The molecule has 58 heavy (non-hydrogen) atoms. The predicted octanol–water partition coefficient (Wildman–Crippen LogP) is 14.1. The number of para-hydroxylation sites is 1. The molecule has 6 nitrogen and oxygen atoms in total. The molecule has 0 saturated carbocycles. The molecule has 0 saturated heterocycles. The van der Waals surface area contributed by atoms with Crippen molar-refractivity contribution in [2.45, 2.75) is 6.92 Å². The van der Waals surface area contributed by atoms with Crippen LogP contribution in [0.1, 0.15) is 12.7 Å². The minimum Gasteiger partial charge on any atom is -0.452 e. The van der Waals surface area contributed by atoms with E-state index in [1.165, 1.54) is 20.2 Å². The molecule has 274 valence electrons. The first kappa shape index (κ1) is 34.1. The Bertz CT molecular complexity index is 3500. The number of aromatic nitrogens is 5. The lowest BCUT2D eigenvalue weighted by atomic mass is 10.0. The van der Waals surface area contributed by atoms with Gasteiger partial charge in [-0.15, -0.1) is 22.7 Å².